The first-order chi connectivity index (χ1) is 12.5. The average molecular weight is 378 g/mol. The molecule has 2 amide bonds. The zero-order valence-electron chi connectivity index (χ0n) is 17.0. The van der Waals surface area contributed by atoms with Gasteiger partial charge in [0.2, 0.25) is 0 Å². The second-order valence-electron chi connectivity index (χ2n) is 7.51. The van der Waals surface area contributed by atoms with Gasteiger partial charge in [-0.3, -0.25) is 9.59 Å². The molecule has 0 bridgehead atoms. The maximum absolute atomic E-state index is 12.0. The second kappa shape index (κ2) is 9.94. The molecule has 0 atom stereocenters. The van der Waals surface area contributed by atoms with Crippen molar-refractivity contribution in [2.24, 2.45) is 0 Å². The maximum Gasteiger partial charge on any atom is 0.407 e. The number of carbonyl (C=O) groups is 3. The molecule has 27 heavy (non-hydrogen) atoms. The minimum Gasteiger partial charge on any atom is -0.456 e. The molecule has 0 fully saturated rings. The molecule has 2 N–H and O–H groups in total. The molecular weight excluding hydrogens is 348 g/mol. The summed E-state index contributed by atoms with van der Waals surface area (Å²) in [6, 6.07) is 3.96. The number of hydrogen-bond acceptors (Lipinski definition) is 5. The summed E-state index contributed by atoms with van der Waals surface area (Å²) in [4.78, 5) is 35.2. The summed E-state index contributed by atoms with van der Waals surface area (Å²) in [6.45, 7) is 11.1. The van der Waals surface area contributed by atoms with Crippen molar-refractivity contribution in [3.63, 3.8) is 0 Å². The van der Waals surface area contributed by atoms with Gasteiger partial charge in [0.15, 0.2) is 6.61 Å². The van der Waals surface area contributed by atoms with Gasteiger partial charge in [-0.2, -0.15) is 0 Å². The van der Waals surface area contributed by atoms with Crippen LogP contribution in [0.3, 0.4) is 0 Å². The number of ether oxygens (including phenoxy) is 2. The van der Waals surface area contributed by atoms with Crippen LogP contribution in [0.1, 0.15) is 50.3 Å². The van der Waals surface area contributed by atoms with Crippen molar-refractivity contribution < 1.29 is 23.9 Å². The largest absolute Gasteiger partial charge is 0.456 e. The van der Waals surface area contributed by atoms with Gasteiger partial charge in [-0.1, -0.05) is 17.7 Å². The Bertz CT molecular complexity index is 669. The molecule has 0 aliphatic heterocycles. The lowest BCUT2D eigenvalue weighted by molar-refractivity contribution is -0.147. The topological polar surface area (TPSA) is 93.7 Å². The van der Waals surface area contributed by atoms with Crippen LogP contribution in [0.25, 0.3) is 0 Å². The number of benzene rings is 1. The van der Waals surface area contributed by atoms with Crippen molar-refractivity contribution in [3.05, 3.63) is 28.8 Å². The van der Waals surface area contributed by atoms with Crippen LogP contribution in [0.4, 0.5) is 10.5 Å². The molecular formula is C20H30N2O5. The van der Waals surface area contributed by atoms with Crippen molar-refractivity contribution in [1.29, 1.82) is 0 Å². The first-order valence-corrected chi connectivity index (χ1v) is 8.98. The molecule has 1 aromatic rings. The molecule has 1 aromatic carbocycles. The molecule has 0 radical (unpaired) electrons. The van der Waals surface area contributed by atoms with E-state index in [1.165, 1.54) is 0 Å². The Balaban J connectivity index is 2.29. The Morgan fingerprint density at radius 3 is 2.19 bits per heavy atom. The third-order valence-corrected chi connectivity index (χ3v) is 3.53. The van der Waals surface area contributed by atoms with Gasteiger partial charge in [-0.05, 0) is 59.1 Å². The zero-order valence-corrected chi connectivity index (χ0v) is 17.0. The number of hydrogen-bond donors (Lipinski definition) is 2. The summed E-state index contributed by atoms with van der Waals surface area (Å²) in [7, 11) is 0. The van der Waals surface area contributed by atoms with E-state index in [9.17, 15) is 14.4 Å². The summed E-state index contributed by atoms with van der Waals surface area (Å²) in [5.74, 6) is -0.876. The lowest BCUT2D eigenvalue weighted by Gasteiger charge is -2.19. The number of anilines is 1. The number of nitrogens with one attached hydrogen (secondary N) is 2. The van der Waals surface area contributed by atoms with Gasteiger partial charge in [-0.25, -0.2) is 4.79 Å². The third-order valence-electron chi connectivity index (χ3n) is 3.53. The Morgan fingerprint density at radius 1 is 1.04 bits per heavy atom. The minimum absolute atomic E-state index is 0.103. The van der Waals surface area contributed by atoms with E-state index in [4.69, 9.17) is 9.47 Å². The van der Waals surface area contributed by atoms with Gasteiger partial charge >= 0.3 is 12.1 Å². The fourth-order valence-electron chi connectivity index (χ4n) is 2.51. The van der Waals surface area contributed by atoms with Gasteiger partial charge in [0.25, 0.3) is 5.91 Å². The number of rotatable bonds is 7. The number of carbonyl (C=O) groups excluding carboxylic acids is 3. The van der Waals surface area contributed by atoms with Crippen LogP contribution in [-0.4, -0.2) is 36.7 Å². The molecule has 7 nitrogen and oxygen atoms in total. The molecule has 1 rings (SSSR count). The van der Waals surface area contributed by atoms with E-state index in [1.807, 2.05) is 32.9 Å². The predicted octanol–water partition coefficient (Wildman–Crippen LogP) is 3.40. The molecule has 150 valence electrons. The molecule has 0 heterocycles. The smallest absolute Gasteiger partial charge is 0.407 e. The van der Waals surface area contributed by atoms with E-state index in [0.717, 1.165) is 22.4 Å². The minimum atomic E-state index is -0.565. The van der Waals surface area contributed by atoms with Gasteiger partial charge in [0, 0.05) is 18.7 Å². The molecule has 0 aliphatic carbocycles. The fraction of sp³-hybridized carbons (Fsp3) is 0.550. The van der Waals surface area contributed by atoms with E-state index >= 15 is 0 Å². The van der Waals surface area contributed by atoms with Crippen LogP contribution in [0, 0.1) is 20.8 Å². The highest BCUT2D eigenvalue weighted by molar-refractivity contribution is 5.94. The first-order valence-electron chi connectivity index (χ1n) is 8.98. The average Bonchev–Trinajstić information content (AvgIpc) is 2.51. The van der Waals surface area contributed by atoms with Crippen LogP contribution in [-0.2, 0) is 19.1 Å². The highest BCUT2D eigenvalue weighted by Gasteiger charge is 2.16. The van der Waals surface area contributed by atoms with E-state index < -0.39 is 17.7 Å². The SMILES string of the molecule is Cc1cc(C)c(NC(=O)COC(=O)CCCNC(=O)OC(C)(C)C)c(C)c1. The molecule has 0 saturated carbocycles. The van der Waals surface area contributed by atoms with Crippen molar-refractivity contribution in [2.45, 2.75) is 60.0 Å². The molecule has 0 unspecified atom stereocenters. The van der Waals surface area contributed by atoms with Crippen LogP contribution in [0.5, 0.6) is 0 Å². The number of aryl methyl sites for hydroxylation is 3. The Hall–Kier alpha value is -2.57. The Morgan fingerprint density at radius 2 is 1.63 bits per heavy atom. The summed E-state index contributed by atoms with van der Waals surface area (Å²) in [5.41, 5.74) is 3.21. The lowest BCUT2D eigenvalue weighted by atomic mass is 10.1. The van der Waals surface area contributed by atoms with Gasteiger partial charge in [-0.15, -0.1) is 0 Å². The summed E-state index contributed by atoms with van der Waals surface area (Å²) in [6.07, 6.45) is -0.0271. The standard InChI is InChI=1S/C20H30N2O5/c1-13-10-14(2)18(15(3)11-13)22-16(23)12-26-17(24)8-7-9-21-19(25)27-20(4,5)6/h10-11H,7-9,12H2,1-6H3,(H,21,25)(H,22,23). The van der Waals surface area contributed by atoms with E-state index in [0.29, 0.717) is 6.42 Å². The van der Waals surface area contributed by atoms with E-state index in [2.05, 4.69) is 10.6 Å². The number of esters is 1. The quantitative estimate of drug-likeness (QED) is 0.560. The number of amides is 2. The Kier molecular flexibility index (Phi) is 8.28. The van der Waals surface area contributed by atoms with E-state index in [-0.39, 0.29) is 25.5 Å². The van der Waals surface area contributed by atoms with E-state index in [1.54, 1.807) is 20.8 Å². The van der Waals surface area contributed by atoms with Gasteiger partial charge < -0.3 is 20.1 Å². The summed E-state index contributed by atoms with van der Waals surface area (Å²) >= 11 is 0. The lowest BCUT2D eigenvalue weighted by Crippen LogP contribution is -2.33. The highest BCUT2D eigenvalue weighted by Crippen LogP contribution is 2.21. The monoisotopic (exact) mass is 378 g/mol. The Labute approximate surface area is 160 Å². The van der Waals surface area contributed by atoms with Crippen molar-refractivity contribution in [2.75, 3.05) is 18.5 Å². The number of alkyl carbamates (subject to hydrolysis) is 1. The third kappa shape index (κ3) is 9.08. The fourth-order valence-corrected chi connectivity index (χ4v) is 2.51. The molecule has 0 aliphatic rings. The highest BCUT2D eigenvalue weighted by atomic mass is 16.6. The summed E-state index contributed by atoms with van der Waals surface area (Å²) in [5, 5.41) is 5.34. The predicted molar refractivity (Wildman–Crippen MR) is 104 cm³/mol. The van der Waals surface area contributed by atoms with Crippen molar-refractivity contribution >= 4 is 23.7 Å². The van der Waals surface area contributed by atoms with Crippen LogP contribution < -0.4 is 10.6 Å². The molecule has 0 aromatic heterocycles. The van der Waals surface area contributed by atoms with Crippen molar-refractivity contribution in [1.82, 2.24) is 5.32 Å². The zero-order chi connectivity index (χ0) is 20.6. The normalized spacial score (nSPS) is 10.9. The second-order valence-corrected chi connectivity index (χ2v) is 7.51. The molecule has 7 heteroatoms. The maximum atomic E-state index is 12.0. The van der Waals surface area contributed by atoms with Gasteiger partial charge in [0.1, 0.15) is 5.60 Å². The van der Waals surface area contributed by atoms with Crippen molar-refractivity contribution in [3.8, 4) is 0 Å². The first kappa shape index (κ1) is 22.5. The molecule has 0 spiro atoms. The van der Waals surface area contributed by atoms with Crippen LogP contribution in [0.15, 0.2) is 12.1 Å². The van der Waals surface area contributed by atoms with Crippen LogP contribution in [0.2, 0.25) is 0 Å². The summed E-state index contributed by atoms with van der Waals surface area (Å²) < 4.78 is 10.1. The van der Waals surface area contributed by atoms with Gasteiger partial charge in [0.05, 0.1) is 0 Å². The molecule has 0 saturated heterocycles. The van der Waals surface area contributed by atoms with Crippen LogP contribution >= 0.6 is 0 Å².